The Balaban J connectivity index is 0.000000204. The lowest BCUT2D eigenvalue weighted by Gasteiger charge is -2.42. The minimum absolute atomic E-state index is 0.00836. The zero-order valence-corrected chi connectivity index (χ0v) is 64.4. The minimum atomic E-state index is -2.13. The van der Waals surface area contributed by atoms with Crippen molar-refractivity contribution in [3.8, 4) is 22.3 Å². The van der Waals surface area contributed by atoms with Crippen LogP contribution in [0.15, 0.2) is 97.1 Å². The molecule has 536 valence electrons. The fourth-order valence-electron chi connectivity index (χ4n) is 11.6. The standard InChI is InChI=1S/C29H40N2O4Si.C28H38N2O5Si.C14H30N2O2Si.C4H9NO/c1-7-20-16-31(17-20)27(32)26(19-35-36(5,6)29(2,3)4)30-28(33)34-18-25-23-14-10-8-12-21(23)22-13-9-11-15-24(22)25;1-28(2,3)36(4,5)35-18-25(26(32)30-14-19(15-30)16-31)29-27(33)34-17-24-22-12-8-6-10-20(22)21-11-7-9-13-23(21)24;1-7-11-8-16(9-11)13(17)12(15)10-18-19(5,6)14(2,3)4;6-3-4-1-5-2-4/h8-15,20,25-26H,7,16-19H2,1-6H3,(H,30,33);6-13,19,24-25,31H,14-18H2,1-5H3,(H,29,33);11-12H,7-10,15H2,1-6H3;4-6H,1-3H2/t26-;25-;12-;/m000./s1. The minimum Gasteiger partial charge on any atom is -0.449 e. The first-order valence-electron chi connectivity index (χ1n) is 35.2. The Bertz CT molecular complexity index is 3000. The number of nitrogens with one attached hydrogen (secondary N) is 3. The number of carbonyl (C=O) groups excluding carboxylic acids is 5. The number of aliphatic hydroxyl groups excluding tert-OH is 2. The predicted octanol–water partition coefficient (Wildman–Crippen LogP) is 11.6. The number of aliphatic hydroxyl groups is 2. The Morgan fingerprint density at radius 3 is 1.03 bits per heavy atom. The van der Waals surface area contributed by atoms with Crippen LogP contribution in [-0.4, -0.2) is 197 Å². The highest BCUT2D eigenvalue weighted by molar-refractivity contribution is 6.75. The Labute approximate surface area is 582 Å². The molecule has 0 radical (unpaired) electrons. The van der Waals surface area contributed by atoms with E-state index in [1.165, 1.54) is 11.1 Å². The molecule has 0 unspecified atom stereocenters. The van der Waals surface area contributed by atoms with Crippen LogP contribution in [0.25, 0.3) is 22.3 Å². The zero-order chi connectivity index (χ0) is 71.4. The molecule has 7 N–H and O–H groups in total. The second-order valence-electron chi connectivity index (χ2n) is 31.9. The molecule has 4 saturated heterocycles. The summed E-state index contributed by atoms with van der Waals surface area (Å²) in [7, 11) is -6.04. The number of hydrogen-bond donors (Lipinski definition) is 6. The van der Waals surface area contributed by atoms with Crippen molar-refractivity contribution in [2.75, 3.05) is 98.6 Å². The maximum atomic E-state index is 13.3. The number of ether oxygens (including phenoxy) is 2. The molecule has 0 saturated carbocycles. The molecule has 2 aliphatic carbocycles. The molecular formula is C75H117N7O12Si3. The molecule has 4 aromatic carbocycles. The van der Waals surface area contributed by atoms with Gasteiger partial charge in [-0.25, -0.2) is 9.59 Å². The van der Waals surface area contributed by atoms with Gasteiger partial charge in [-0.05, 0) is 124 Å². The van der Waals surface area contributed by atoms with Crippen LogP contribution >= 0.6 is 0 Å². The molecular weight excluding hydrogens is 1280 g/mol. The average molecular weight is 1390 g/mol. The smallest absolute Gasteiger partial charge is 0.407 e. The lowest BCUT2D eigenvalue weighted by atomic mass is 9.96. The third-order valence-corrected chi connectivity index (χ3v) is 35.3. The highest BCUT2D eigenvalue weighted by Crippen LogP contribution is 2.46. The van der Waals surface area contributed by atoms with E-state index in [1.54, 1.807) is 4.90 Å². The van der Waals surface area contributed by atoms with E-state index < -0.39 is 55.3 Å². The lowest BCUT2D eigenvalue weighted by molar-refractivity contribution is -0.142. The summed E-state index contributed by atoms with van der Waals surface area (Å²) in [6, 6.07) is 30.7. The lowest BCUT2D eigenvalue weighted by Crippen LogP contribution is -2.59. The molecule has 6 aliphatic rings. The Morgan fingerprint density at radius 1 is 0.474 bits per heavy atom. The van der Waals surface area contributed by atoms with Crippen LogP contribution in [0.1, 0.15) is 123 Å². The number of alkyl carbamates (subject to hydrolysis) is 2. The SMILES string of the molecule is CC(C)(C)[Si](C)(C)OC[C@H](NC(=O)OCC1c2ccccc2-c2ccccc21)C(=O)N1CC(CO)C1.CCC1CN(C(=O)[C@@H](N)CO[Si](C)(C)C(C)(C)C)C1.CCC1CN(C(=O)[C@H](CO[Si](C)(C)C(C)(C)C)NC(=O)OCC2c3ccccc3-c3ccccc32)C1.OCC1CNC1. The fraction of sp³-hybridized carbons (Fsp3) is 0.613. The van der Waals surface area contributed by atoms with Crippen LogP contribution in [0.2, 0.25) is 54.4 Å². The maximum Gasteiger partial charge on any atom is 0.407 e. The van der Waals surface area contributed by atoms with Gasteiger partial charge in [0.15, 0.2) is 25.0 Å². The summed E-state index contributed by atoms with van der Waals surface area (Å²) < 4.78 is 30.1. The van der Waals surface area contributed by atoms with E-state index >= 15 is 0 Å². The maximum absolute atomic E-state index is 13.3. The largest absolute Gasteiger partial charge is 0.449 e. The van der Waals surface area contributed by atoms with Gasteiger partial charge in [0.2, 0.25) is 17.7 Å². The van der Waals surface area contributed by atoms with Crippen molar-refractivity contribution in [3.63, 3.8) is 0 Å². The molecule has 4 fully saturated rings. The van der Waals surface area contributed by atoms with Gasteiger partial charge in [-0.3, -0.25) is 14.4 Å². The quantitative estimate of drug-likeness (QED) is 0.0401. The number of hydrogen-bond acceptors (Lipinski definition) is 14. The van der Waals surface area contributed by atoms with Crippen molar-refractivity contribution >= 4 is 54.9 Å². The summed E-state index contributed by atoms with van der Waals surface area (Å²) in [6.07, 6.45) is 0.976. The summed E-state index contributed by atoms with van der Waals surface area (Å²) in [5.41, 5.74) is 15.2. The highest BCUT2D eigenvalue weighted by atomic mass is 28.4. The molecule has 4 aromatic rings. The van der Waals surface area contributed by atoms with Crippen LogP contribution in [0, 0.1) is 23.7 Å². The van der Waals surface area contributed by atoms with E-state index in [0.29, 0.717) is 44.1 Å². The first-order chi connectivity index (χ1) is 45.5. The normalized spacial score (nSPS) is 17.6. The van der Waals surface area contributed by atoms with Crippen molar-refractivity contribution in [3.05, 3.63) is 119 Å². The van der Waals surface area contributed by atoms with E-state index in [2.05, 4.69) is 180 Å². The molecule has 0 spiro atoms. The molecule has 0 aromatic heterocycles. The van der Waals surface area contributed by atoms with Gasteiger partial charge in [0.05, 0.1) is 19.8 Å². The number of nitrogens with zero attached hydrogens (tertiary/aromatic N) is 3. The number of nitrogens with two attached hydrogens (primary N) is 1. The van der Waals surface area contributed by atoms with E-state index in [9.17, 15) is 29.1 Å². The van der Waals surface area contributed by atoms with E-state index in [4.69, 9.17) is 33.6 Å². The third-order valence-electron chi connectivity index (χ3n) is 21.8. The second kappa shape index (κ2) is 33.6. The molecule has 97 heavy (non-hydrogen) atoms. The topological polar surface area (TPSA) is 244 Å². The number of fused-ring (bicyclic) bond motifs is 6. The van der Waals surface area contributed by atoms with E-state index in [1.807, 2.05) is 58.3 Å². The van der Waals surface area contributed by atoms with Crippen LogP contribution in [0.5, 0.6) is 0 Å². The Hall–Kier alpha value is -5.80. The van der Waals surface area contributed by atoms with Gasteiger partial charge in [0.1, 0.15) is 31.3 Å². The first kappa shape index (κ1) is 78.5. The van der Waals surface area contributed by atoms with Crippen LogP contribution in [-0.2, 0) is 37.1 Å². The van der Waals surface area contributed by atoms with E-state index in [0.717, 1.165) is 85.5 Å². The number of carbonyl (C=O) groups is 5. The molecule has 10 rings (SSSR count). The van der Waals surface area contributed by atoms with Crippen molar-refractivity contribution in [2.45, 2.75) is 173 Å². The number of likely N-dealkylation sites (tertiary alicyclic amines) is 3. The second-order valence-corrected chi connectivity index (χ2v) is 46.3. The summed E-state index contributed by atoms with van der Waals surface area (Å²) in [6.45, 7) is 44.3. The van der Waals surface area contributed by atoms with Gasteiger partial charge in [-0.2, -0.15) is 0 Å². The summed E-state index contributed by atoms with van der Waals surface area (Å²) in [5, 5.41) is 26.5. The highest BCUT2D eigenvalue weighted by Gasteiger charge is 2.44. The van der Waals surface area contributed by atoms with Gasteiger partial charge in [0, 0.05) is 89.2 Å². The van der Waals surface area contributed by atoms with Crippen molar-refractivity contribution in [1.29, 1.82) is 0 Å². The third kappa shape index (κ3) is 20.0. The van der Waals surface area contributed by atoms with Crippen molar-refractivity contribution in [2.24, 2.45) is 29.4 Å². The summed E-state index contributed by atoms with van der Waals surface area (Å²) in [5.74, 6) is 1.52. The Morgan fingerprint density at radius 2 is 0.763 bits per heavy atom. The number of rotatable bonds is 22. The predicted molar refractivity (Wildman–Crippen MR) is 393 cm³/mol. The first-order valence-corrected chi connectivity index (χ1v) is 44.0. The molecule has 22 heteroatoms. The molecule has 4 aliphatic heterocycles. The zero-order valence-electron chi connectivity index (χ0n) is 61.4. The van der Waals surface area contributed by atoms with Gasteiger partial charge in [-0.1, -0.05) is 173 Å². The molecule has 19 nitrogen and oxygen atoms in total. The van der Waals surface area contributed by atoms with Crippen molar-refractivity contribution in [1.82, 2.24) is 30.7 Å². The van der Waals surface area contributed by atoms with E-state index in [-0.39, 0.29) is 83.6 Å². The Kier molecular flexibility index (Phi) is 27.2. The van der Waals surface area contributed by atoms with Gasteiger partial charge in [-0.15, -0.1) is 0 Å². The van der Waals surface area contributed by atoms with Gasteiger partial charge < -0.3 is 69.3 Å². The van der Waals surface area contributed by atoms with Gasteiger partial charge >= 0.3 is 12.2 Å². The summed E-state index contributed by atoms with van der Waals surface area (Å²) >= 11 is 0. The summed E-state index contributed by atoms with van der Waals surface area (Å²) in [4.78, 5) is 69.8. The van der Waals surface area contributed by atoms with Crippen molar-refractivity contribution < 1.29 is 56.9 Å². The van der Waals surface area contributed by atoms with Crippen LogP contribution < -0.4 is 21.7 Å². The monoisotopic (exact) mass is 1390 g/mol. The average Bonchev–Trinajstić information content (AvgIpc) is 1.63. The molecule has 3 atom stereocenters. The van der Waals surface area contributed by atoms with Crippen LogP contribution in [0.3, 0.4) is 0 Å². The van der Waals surface area contributed by atoms with Crippen LogP contribution in [0.4, 0.5) is 9.59 Å². The molecule has 0 bridgehead atoms. The molecule has 5 amide bonds. The number of amides is 5. The number of benzene rings is 4. The molecule has 4 heterocycles. The van der Waals surface area contributed by atoms with Gasteiger partial charge in [0.25, 0.3) is 0 Å². The fourth-order valence-corrected chi connectivity index (χ4v) is 14.6.